The van der Waals surface area contributed by atoms with Crippen LogP contribution in [0.2, 0.25) is 0 Å². The van der Waals surface area contributed by atoms with Crippen LogP contribution in [0.4, 0.5) is 0 Å². The number of benzene rings is 1. The molecule has 2 rings (SSSR count). The largest absolute Gasteiger partial charge is 0.486 e. The van der Waals surface area contributed by atoms with Crippen molar-refractivity contribution in [3.8, 4) is 11.5 Å². The van der Waals surface area contributed by atoms with Gasteiger partial charge in [-0.25, -0.2) is 9.59 Å². The standard InChI is InChI=1S/C16H16O6/c1-19-15(17)5-3-4-12(16(18)20-2)11-6-7-13-14(10-11)22-9-8-21-13/h3-7,10H,8-9H2,1-2H3/b5-3-,12-4+. The van der Waals surface area contributed by atoms with Crippen LogP contribution in [0.15, 0.2) is 36.4 Å². The van der Waals surface area contributed by atoms with Crippen LogP contribution < -0.4 is 9.47 Å². The normalized spacial score (nSPS) is 13.8. The molecule has 0 amide bonds. The second-order valence-electron chi connectivity index (χ2n) is 4.31. The quantitative estimate of drug-likeness (QED) is 0.479. The fourth-order valence-electron chi connectivity index (χ4n) is 1.89. The Kier molecular flexibility index (Phi) is 5.19. The highest BCUT2D eigenvalue weighted by Gasteiger charge is 2.17. The van der Waals surface area contributed by atoms with Crippen molar-refractivity contribution in [2.45, 2.75) is 0 Å². The summed E-state index contributed by atoms with van der Waals surface area (Å²) in [5.41, 5.74) is 0.894. The molecule has 0 saturated carbocycles. The van der Waals surface area contributed by atoms with Gasteiger partial charge < -0.3 is 18.9 Å². The molecule has 1 aromatic rings. The molecule has 0 aliphatic carbocycles. The average molecular weight is 304 g/mol. The van der Waals surface area contributed by atoms with E-state index in [1.165, 1.54) is 32.4 Å². The average Bonchev–Trinajstić information content (AvgIpc) is 2.57. The molecule has 0 saturated heterocycles. The van der Waals surface area contributed by atoms with Gasteiger partial charge in [-0.2, -0.15) is 0 Å². The van der Waals surface area contributed by atoms with E-state index in [1.807, 2.05) is 0 Å². The number of fused-ring (bicyclic) bond motifs is 1. The van der Waals surface area contributed by atoms with E-state index in [0.29, 0.717) is 35.8 Å². The van der Waals surface area contributed by atoms with Crippen LogP contribution in [0, 0.1) is 0 Å². The Morgan fingerprint density at radius 2 is 1.82 bits per heavy atom. The topological polar surface area (TPSA) is 71.1 Å². The first-order valence-electron chi connectivity index (χ1n) is 6.60. The van der Waals surface area contributed by atoms with Crippen LogP contribution in [0.25, 0.3) is 5.57 Å². The maximum atomic E-state index is 11.9. The molecule has 0 radical (unpaired) electrons. The summed E-state index contributed by atoms with van der Waals surface area (Å²) in [6.07, 6.45) is 4.12. The first kappa shape index (κ1) is 15.6. The van der Waals surface area contributed by atoms with E-state index in [-0.39, 0.29) is 0 Å². The van der Waals surface area contributed by atoms with Gasteiger partial charge in [-0.3, -0.25) is 0 Å². The van der Waals surface area contributed by atoms with E-state index in [1.54, 1.807) is 18.2 Å². The molecule has 6 nitrogen and oxygen atoms in total. The number of rotatable bonds is 4. The second kappa shape index (κ2) is 7.31. The van der Waals surface area contributed by atoms with Gasteiger partial charge >= 0.3 is 11.9 Å². The SMILES string of the molecule is COC(=O)/C=C\C=C(\C(=O)OC)c1ccc2c(c1)OCCO2. The number of ether oxygens (including phenoxy) is 4. The van der Waals surface area contributed by atoms with E-state index in [0.717, 1.165) is 0 Å². The number of methoxy groups -OCH3 is 2. The van der Waals surface area contributed by atoms with Gasteiger partial charge in [0.05, 0.1) is 19.8 Å². The van der Waals surface area contributed by atoms with Gasteiger partial charge in [0.2, 0.25) is 0 Å². The van der Waals surface area contributed by atoms with Crippen molar-refractivity contribution >= 4 is 17.5 Å². The Labute approximate surface area is 127 Å². The third-order valence-corrected chi connectivity index (χ3v) is 2.95. The molecule has 0 aromatic heterocycles. The molecule has 1 aromatic carbocycles. The van der Waals surface area contributed by atoms with Gasteiger partial charge in [-0.05, 0) is 23.8 Å². The monoisotopic (exact) mass is 304 g/mol. The maximum Gasteiger partial charge on any atom is 0.338 e. The highest BCUT2D eigenvalue weighted by molar-refractivity contribution is 6.17. The van der Waals surface area contributed by atoms with E-state index in [9.17, 15) is 9.59 Å². The Morgan fingerprint density at radius 1 is 1.09 bits per heavy atom. The molecule has 6 heteroatoms. The van der Waals surface area contributed by atoms with Gasteiger partial charge in [-0.1, -0.05) is 12.1 Å². The summed E-state index contributed by atoms with van der Waals surface area (Å²) in [5.74, 6) is 0.161. The van der Waals surface area contributed by atoms with Crippen molar-refractivity contribution < 1.29 is 28.5 Å². The van der Waals surface area contributed by atoms with Gasteiger partial charge in [0, 0.05) is 6.08 Å². The predicted octanol–water partition coefficient (Wildman–Crippen LogP) is 1.74. The van der Waals surface area contributed by atoms with Crippen LogP contribution in [0.3, 0.4) is 0 Å². The fourth-order valence-corrected chi connectivity index (χ4v) is 1.89. The lowest BCUT2D eigenvalue weighted by molar-refractivity contribution is -0.135. The minimum atomic E-state index is -0.522. The van der Waals surface area contributed by atoms with E-state index >= 15 is 0 Å². The molecule has 0 fully saturated rings. The van der Waals surface area contributed by atoms with E-state index in [4.69, 9.17) is 14.2 Å². The zero-order valence-electron chi connectivity index (χ0n) is 12.3. The lowest BCUT2D eigenvalue weighted by Crippen LogP contribution is -2.15. The zero-order valence-corrected chi connectivity index (χ0v) is 12.3. The second-order valence-corrected chi connectivity index (χ2v) is 4.31. The Bertz CT molecular complexity index is 630. The highest BCUT2D eigenvalue weighted by Crippen LogP contribution is 2.33. The van der Waals surface area contributed by atoms with Crippen LogP contribution in [-0.4, -0.2) is 39.4 Å². The summed E-state index contributed by atoms with van der Waals surface area (Å²) in [6.45, 7) is 0.948. The van der Waals surface area contributed by atoms with Crippen molar-refractivity contribution in [1.82, 2.24) is 0 Å². The zero-order chi connectivity index (χ0) is 15.9. The minimum Gasteiger partial charge on any atom is -0.486 e. The summed E-state index contributed by atoms with van der Waals surface area (Å²) in [6, 6.07) is 5.15. The lowest BCUT2D eigenvalue weighted by atomic mass is 10.0. The molecule has 0 spiro atoms. The number of hydrogen-bond donors (Lipinski definition) is 0. The van der Waals surface area contributed by atoms with Crippen LogP contribution in [0.5, 0.6) is 11.5 Å². The van der Waals surface area contributed by atoms with Crippen molar-refractivity contribution in [3.63, 3.8) is 0 Å². The number of carbonyl (C=O) groups excluding carboxylic acids is 2. The molecule has 22 heavy (non-hydrogen) atoms. The fraction of sp³-hybridized carbons (Fsp3) is 0.250. The van der Waals surface area contributed by atoms with Crippen molar-refractivity contribution in [2.75, 3.05) is 27.4 Å². The molecule has 1 aliphatic rings. The van der Waals surface area contributed by atoms with Gasteiger partial charge in [0.25, 0.3) is 0 Å². The summed E-state index contributed by atoms with van der Waals surface area (Å²) < 4.78 is 20.2. The van der Waals surface area contributed by atoms with Crippen molar-refractivity contribution in [2.24, 2.45) is 0 Å². The van der Waals surface area contributed by atoms with Crippen LogP contribution in [-0.2, 0) is 19.1 Å². The molecule has 116 valence electrons. The van der Waals surface area contributed by atoms with Crippen molar-refractivity contribution in [1.29, 1.82) is 0 Å². The summed E-state index contributed by atoms with van der Waals surface area (Å²) >= 11 is 0. The Balaban J connectivity index is 2.33. The smallest absolute Gasteiger partial charge is 0.338 e. The summed E-state index contributed by atoms with van der Waals surface area (Å²) in [7, 11) is 2.57. The third kappa shape index (κ3) is 3.66. The Morgan fingerprint density at radius 3 is 2.50 bits per heavy atom. The first-order valence-corrected chi connectivity index (χ1v) is 6.60. The van der Waals surface area contributed by atoms with Crippen LogP contribution in [0.1, 0.15) is 5.56 Å². The molecule has 0 atom stereocenters. The molecular weight excluding hydrogens is 288 g/mol. The van der Waals surface area contributed by atoms with Crippen molar-refractivity contribution in [3.05, 3.63) is 42.0 Å². The first-order chi connectivity index (χ1) is 10.7. The molecule has 1 heterocycles. The van der Waals surface area contributed by atoms with E-state index in [2.05, 4.69) is 4.74 Å². The van der Waals surface area contributed by atoms with Crippen LogP contribution >= 0.6 is 0 Å². The Hall–Kier alpha value is -2.76. The summed E-state index contributed by atoms with van der Waals surface area (Å²) in [4.78, 5) is 23.0. The van der Waals surface area contributed by atoms with E-state index < -0.39 is 11.9 Å². The lowest BCUT2D eigenvalue weighted by Gasteiger charge is -2.19. The highest BCUT2D eigenvalue weighted by atomic mass is 16.6. The number of hydrogen-bond acceptors (Lipinski definition) is 6. The molecule has 0 N–H and O–H groups in total. The number of allylic oxidation sites excluding steroid dienone is 2. The molecule has 0 unspecified atom stereocenters. The number of esters is 2. The third-order valence-electron chi connectivity index (χ3n) is 2.95. The van der Waals surface area contributed by atoms with Gasteiger partial charge in [0.1, 0.15) is 13.2 Å². The molecular formula is C16H16O6. The van der Waals surface area contributed by atoms with Gasteiger partial charge in [-0.15, -0.1) is 0 Å². The number of carbonyl (C=O) groups is 2. The maximum absolute atomic E-state index is 11.9. The summed E-state index contributed by atoms with van der Waals surface area (Å²) in [5, 5.41) is 0. The minimum absolute atomic E-state index is 0.291. The predicted molar refractivity (Wildman–Crippen MR) is 78.6 cm³/mol. The molecule has 1 aliphatic heterocycles. The molecule has 0 bridgehead atoms. The van der Waals surface area contributed by atoms with Gasteiger partial charge in [0.15, 0.2) is 11.5 Å².